The summed E-state index contributed by atoms with van der Waals surface area (Å²) in [5, 5.41) is 0. The highest BCUT2D eigenvalue weighted by Crippen LogP contribution is 2.45. The van der Waals surface area contributed by atoms with Crippen LogP contribution in [0.15, 0.2) is 30.3 Å². The highest BCUT2D eigenvalue weighted by atomic mass is 16.9. The fraction of sp³-hybridized carbons (Fsp3) is 0.647. The smallest absolute Gasteiger partial charge is 0.199 e. The first kappa shape index (κ1) is 15.9. The van der Waals surface area contributed by atoms with E-state index in [1.54, 1.807) is 7.11 Å². The summed E-state index contributed by atoms with van der Waals surface area (Å²) in [6, 6.07) is 10.0. The predicted molar refractivity (Wildman–Crippen MR) is 80.0 cm³/mol. The van der Waals surface area contributed by atoms with Crippen LogP contribution in [0.5, 0.6) is 0 Å². The van der Waals surface area contributed by atoms with E-state index >= 15 is 0 Å². The van der Waals surface area contributed by atoms with Crippen LogP contribution in [0.1, 0.15) is 32.8 Å². The maximum atomic E-state index is 6.14. The Morgan fingerprint density at radius 1 is 1.09 bits per heavy atom. The number of fused-ring (bicyclic) bond motifs is 1. The fourth-order valence-corrected chi connectivity index (χ4v) is 3.14. The minimum atomic E-state index is -0.833. The molecule has 2 fully saturated rings. The van der Waals surface area contributed by atoms with Crippen molar-refractivity contribution in [3.63, 3.8) is 0 Å². The average Bonchev–Trinajstić information content (AvgIpc) is 2.95. The summed E-state index contributed by atoms with van der Waals surface area (Å²) in [6.07, 6.45) is -0.438. The van der Waals surface area contributed by atoms with Gasteiger partial charge < -0.3 is 23.7 Å². The average molecular weight is 308 g/mol. The third kappa shape index (κ3) is 2.79. The molecule has 22 heavy (non-hydrogen) atoms. The lowest BCUT2D eigenvalue weighted by atomic mass is 10.0. The highest BCUT2D eigenvalue weighted by Gasteiger charge is 2.62. The van der Waals surface area contributed by atoms with Crippen LogP contribution in [-0.4, -0.2) is 37.2 Å². The zero-order chi connectivity index (χ0) is 15.8. The predicted octanol–water partition coefficient (Wildman–Crippen LogP) is 2.83. The standard InChI is InChI=1S/C17H24O5/c1-5-17(18-4)14(19-11-12-9-7-6-8-10-12)13-15(22-17)21-16(2,3)20-13/h6-10,13-15H,5,11H2,1-4H3/t13-,14?,15-,17+/m0/s1. The summed E-state index contributed by atoms with van der Waals surface area (Å²) in [5.74, 6) is -1.50. The number of benzene rings is 1. The Bertz CT molecular complexity index is 497. The first-order chi connectivity index (χ1) is 10.5. The van der Waals surface area contributed by atoms with Crippen LogP contribution >= 0.6 is 0 Å². The molecule has 5 heteroatoms. The molecule has 122 valence electrons. The lowest BCUT2D eigenvalue weighted by molar-refractivity contribution is -0.315. The Labute approximate surface area is 131 Å². The van der Waals surface area contributed by atoms with Gasteiger partial charge in [0.15, 0.2) is 17.9 Å². The van der Waals surface area contributed by atoms with Gasteiger partial charge in [-0.05, 0) is 19.4 Å². The molecule has 0 radical (unpaired) electrons. The fourth-order valence-electron chi connectivity index (χ4n) is 3.14. The topological polar surface area (TPSA) is 46.2 Å². The van der Waals surface area contributed by atoms with E-state index in [2.05, 4.69) is 0 Å². The SMILES string of the molecule is CC[C@@]1(OC)O[C@@H]2OC(C)(C)O[C@H]2C1OCc1ccccc1. The van der Waals surface area contributed by atoms with Crippen LogP contribution in [0.4, 0.5) is 0 Å². The molecule has 5 nitrogen and oxygen atoms in total. The van der Waals surface area contributed by atoms with E-state index in [-0.39, 0.29) is 12.2 Å². The van der Waals surface area contributed by atoms with Gasteiger partial charge in [0.05, 0.1) is 6.61 Å². The second-order valence-electron chi connectivity index (χ2n) is 6.17. The number of methoxy groups -OCH3 is 1. The molecule has 2 aliphatic heterocycles. The Balaban J connectivity index is 1.77. The molecule has 1 aromatic carbocycles. The number of rotatable bonds is 5. The van der Waals surface area contributed by atoms with Gasteiger partial charge in [0.2, 0.25) is 0 Å². The monoisotopic (exact) mass is 308 g/mol. The summed E-state index contributed by atoms with van der Waals surface area (Å²) in [6.45, 7) is 6.24. The molecule has 0 amide bonds. The molecule has 0 N–H and O–H groups in total. The van der Waals surface area contributed by atoms with E-state index in [1.807, 2.05) is 51.1 Å². The zero-order valence-electron chi connectivity index (χ0n) is 13.6. The van der Waals surface area contributed by atoms with Gasteiger partial charge in [-0.25, -0.2) is 0 Å². The summed E-state index contributed by atoms with van der Waals surface area (Å²) in [7, 11) is 1.63. The highest BCUT2D eigenvalue weighted by molar-refractivity contribution is 5.13. The van der Waals surface area contributed by atoms with Crippen LogP contribution in [0, 0.1) is 0 Å². The van der Waals surface area contributed by atoms with Crippen molar-refractivity contribution >= 4 is 0 Å². The molecule has 0 bridgehead atoms. The third-order valence-electron chi connectivity index (χ3n) is 4.25. The molecule has 1 unspecified atom stereocenters. The molecular weight excluding hydrogens is 284 g/mol. The molecule has 0 aromatic heterocycles. The molecule has 2 heterocycles. The lowest BCUT2D eigenvalue weighted by Gasteiger charge is -2.34. The summed E-state index contributed by atoms with van der Waals surface area (Å²) in [4.78, 5) is 0. The summed E-state index contributed by atoms with van der Waals surface area (Å²) >= 11 is 0. The van der Waals surface area contributed by atoms with E-state index in [1.165, 1.54) is 0 Å². The van der Waals surface area contributed by atoms with Crippen LogP contribution in [0.2, 0.25) is 0 Å². The van der Waals surface area contributed by atoms with Crippen LogP contribution < -0.4 is 0 Å². The zero-order valence-corrected chi connectivity index (χ0v) is 13.6. The minimum absolute atomic E-state index is 0.293. The van der Waals surface area contributed by atoms with Crippen LogP contribution in [-0.2, 0) is 30.3 Å². The minimum Gasteiger partial charge on any atom is -0.365 e. The van der Waals surface area contributed by atoms with Gasteiger partial charge in [-0.3, -0.25) is 0 Å². The maximum absolute atomic E-state index is 6.14. The van der Waals surface area contributed by atoms with Crippen molar-refractivity contribution in [2.24, 2.45) is 0 Å². The first-order valence-electron chi connectivity index (χ1n) is 7.74. The molecule has 0 spiro atoms. The van der Waals surface area contributed by atoms with Crippen molar-refractivity contribution in [3.8, 4) is 0 Å². The van der Waals surface area contributed by atoms with E-state index in [9.17, 15) is 0 Å². The van der Waals surface area contributed by atoms with Crippen LogP contribution in [0.3, 0.4) is 0 Å². The molecule has 0 saturated carbocycles. The number of hydrogen-bond acceptors (Lipinski definition) is 5. The Morgan fingerprint density at radius 3 is 2.45 bits per heavy atom. The molecule has 4 atom stereocenters. The number of hydrogen-bond donors (Lipinski definition) is 0. The lowest BCUT2D eigenvalue weighted by Crippen LogP contribution is -2.47. The van der Waals surface area contributed by atoms with Crippen molar-refractivity contribution in [2.75, 3.05) is 7.11 Å². The van der Waals surface area contributed by atoms with E-state index in [4.69, 9.17) is 23.7 Å². The Morgan fingerprint density at radius 2 is 1.82 bits per heavy atom. The Kier molecular flexibility index (Phi) is 4.27. The van der Waals surface area contributed by atoms with Crippen molar-refractivity contribution in [3.05, 3.63) is 35.9 Å². The first-order valence-corrected chi connectivity index (χ1v) is 7.74. The van der Waals surface area contributed by atoms with Crippen molar-refractivity contribution in [2.45, 2.75) is 63.9 Å². The van der Waals surface area contributed by atoms with Gasteiger partial charge in [0.1, 0.15) is 12.2 Å². The van der Waals surface area contributed by atoms with Crippen molar-refractivity contribution in [1.29, 1.82) is 0 Å². The van der Waals surface area contributed by atoms with E-state index < -0.39 is 17.9 Å². The summed E-state index contributed by atoms with van der Waals surface area (Å²) in [5.41, 5.74) is 1.10. The maximum Gasteiger partial charge on any atom is 0.199 e. The van der Waals surface area contributed by atoms with Gasteiger partial charge >= 0.3 is 0 Å². The molecule has 1 aromatic rings. The summed E-state index contributed by atoms with van der Waals surface area (Å²) < 4.78 is 29.6. The van der Waals surface area contributed by atoms with Gasteiger partial charge in [0, 0.05) is 13.5 Å². The van der Waals surface area contributed by atoms with E-state index in [0.29, 0.717) is 13.0 Å². The second kappa shape index (κ2) is 5.91. The molecular formula is C17H24O5. The quantitative estimate of drug-likeness (QED) is 0.837. The van der Waals surface area contributed by atoms with Gasteiger partial charge in [0.25, 0.3) is 0 Å². The van der Waals surface area contributed by atoms with Gasteiger partial charge in [-0.2, -0.15) is 0 Å². The normalized spacial score (nSPS) is 36.5. The van der Waals surface area contributed by atoms with Crippen molar-refractivity contribution in [1.82, 2.24) is 0 Å². The van der Waals surface area contributed by atoms with Gasteiger partial charge in [-0.1, -0.05) is 37.3 Å². The van der Waals surface area contributed by atoms with Gasteiger partial charge in [-0.15, -0.1) is 0 Å². The second-order valence-corrected chi connectivity index (χ2v) is 6.17. The molecule has 3 rings (SSSR count). The van der Waals surface area contributed by atoms with Crippen LogP contribution in [0.25, 0.3) is 0 Å². The van der Waals surface area contributed by atoms with E-state index in [0.717, 1.165) is 5.56 Å². The largest absolute Gasteiger partial charge is 0.365 e. The third-order valence-corrected chi connectivity index (χ3v) is 4.25. The molecule has 2 saturated heterocycles. The molecule has 0 aliphatic carbocycles. The number of ether oxygens (including phenoxy) is 5. The molecule has 2 aliphatic rings. The Hall–Kier alpha value is -0.980. The van der Waals surface area contributed by atoms with Crippen molar-refractivity contribution < 1.29 is 23.7 Å².